The number of hydrogen-bond acceptors (Lipinski definition) is 4. The number of methoxy groups -OCH3 is 1. The van der Waals surface area contributed by atoms with E-state index in [0.717, 1.165) is 0 Å². The fraction of sp³-hybridized carbons (Fsp3) is 0.273. The van der Waals surface area contributed by atoms with E-state index >= 15 is 0 Å². The van der Waals surface area contributed by atoms with Gasteiger partial charge in [-0.25, -0.2) is 4.79 Å². The Morgan fingerprint density at radius 3 is 2.69 bits per heavy atom. The van der Waals surface area contributed by atoms with Gasteiger partial charge in [-0.2, -0.15) is 0 Å². The third-order valence-corrected chi connectivity index (χ3v) is 2.50. The van der Waals surface area contributed by atoms with Crippen LogP contribution in [0, 0.1) is 0 Å². The number of carbonyl (C=O) groups excluding carboxylic acids is 2. The Morgan fingerprint density at radius 2 is 2.12 bits per heavy atom. The van der Waals surface area contributed by atoms with Gasteiger partial charge in [0.05, 0.1) is 12.7 Å². The van der Waals surface area contributed by atoms with Crippen LogP contribution in [0.1, 0.15) is 27.1 Å². The molecular formula is C11H12BrNO3. The highest BCUT2D eigenvalue weighted by Crippen LogP contribution is 2.16. The molecule has 0 spiro atoms. The van der Waals surface area contributed by atoms with Crippen LogP contribution in [0.15, 0.2) is 18.2 Å². The molecule has 86 valence electrons. The van der Waals surface area contributed by atoms with Crippen molar-refractivity contribution >= 4 is 33.4 Å². The monoisotopic (exact) mass is 285 g/mol. The van der Waals surface area contributed by atoms with Crippen LogP contribution in [0.5, 0.6) is 0 Å². The van der Waals surface area contributed by atoms with Crippen molar-refractivity contribution in [2.45, 2.75) is 6.42 Å². The summed E-state index contributed by atoms with van der Waals surface area (Å²) in [7, 11) is 1.27. The Balaban J connectivity index is 3.07. The molecule has 0 amide bonds. The normalized spacial score (nSPS) is 9.88. The van der Waals surface area contributed by atoms with Crippen molar-refractivity contribution in [3.05, 3.63) is 29.3 Å². The maximum absolute atomic E-state index is 11.6. The minimum Gasteiger partial charge on any atom is -0.465 e. The van der Waals surface area contributed by atoms with Crippen molar-refractivity contribution in [2.24, 2.45) is 0 Å². The minimum atomic E-state index is -0.536. The Hall–Kier alpha value is -1.36. The molecule has 1 aromatic rings. The van der Waals surface area contributed by atoms with Gasteiger partial charge in [-0.15, -0.1) is 0 Å². The molecule has 0 unspecified atom stereocenters. The van der Waals surface area contributed by atoms with Gasteiger partial charge in [0.15, 0.2) is 5.78 Å². The van der Waals surface area contributed by atoms with Crippen molar-refractivity contribution in [3.63, 3.8) is 0 Å². The minimum absolute atomic E-state index is 0.0398. The number of nitrogens with two attached hydrogens (primary N) is 1. The predicted octanol–water partition coefficient (Wildman–Crippen LogP) is 2.02. The SMILES string of the molecule is COC(=O)c1cc(C(=O)CCBr)ccc1N. The number of rotatable bonds is 4. The zero-order valence-corrected chi connectivity index (χ0v) is 10.4. The molecule has 2 N–H and O–H groups in total. The summed E-state index contributed by atoms with van der Waals surface area (Å²) in [6.45, 7) is 0. The molecule has 0 aliphatic carbocycles. The Bertz CT molecular complexity index is 418. The van der Waals surface area contributed by atoms with Gasteiger partial charge in [0.25, 0.3) is 0 Å². The van der Waals surface area contributed by atoms with Gasteiger partial charge < -0.3 is 10.5 Å². The van der Waals surface area contributed by atoms with Crippen LogP contribution in [0.3, 0.4) is 0 Å². The molecule has 0 heterocycles. The summed E-state index contributed by atoms with van der Waals surface area (Å²) in [5.41, 5.74) is 6.62. The second kappa shape index (κ2) is 5.65. The first kappa shape index (κ1) is 12.7. The summed E-state index contributed by atoms with van der Waals surface area (Å²) < 4.78 is 4.57. The van der Waals surface area contributed by atoms with Crippen molar-refractivity contribution in [1.82, 2.24) is 0 Å². The van der Waals surface area contributed by atoms with Crippen LogP contribution in [0.25, 0.3) is 0 Å². The summed E-state index contributed by atoms with van der Waals surface area (Å²) >= 11 is 3.19. The average molecular weight is 286 g/mol. The molecule has 4 nitrogen and oxygen atoms in total. The van der Waals surface area contributed by atoms with Crippen LogP contribution in [0.4, 0.5) is 5.69 Å². The number of hydrogen-bond donors (Lipinski definition) is 1. The number of alkyl halides is 1. The first-order valence-electron chi connectivity index (χ1n) is 4.67. The molecule has 0 bridgehead atoms. The third kappa shape index (κ3) is 2.82. The van der Waals surface area contributed by atoms with Gasteiger partial charge in [-0.3, -0.25) is 4.79 Å². The van der Waals surface area contributed by atoms with E-state index in [1.165, 1.54) is 19.2 Å². The topological polar surface area (TPSA) is 69.4 Å². The number of ether oxygens (including phenoxy) is 1. The number of nitrogen functional groups attached to an aromatic ring is 1. The lowest BCUT2D eigenvalue weighted by atomic mass is 10.0. The largest absolute Gasteiger partial charge is 0.465 e. The van der Waals surface area contributed by atoms with Gasteiger partial charge in [0, 0.05) is 23.0 Å². The Kier molecular flexibility index (Phi) is 4.49. The van der Waals surface area contributed by atoms with Gasteiger partial charge >= 0.3 is 5.97 Å². The molecule has 0 aliphatic rings. The third-order valence-electron chi connectivity index (χ3n) is 2.10. The number of halogens is 1. The lowest BCUT2D eigenvalue weighted by molar-refractivity contribution is 0.0602. The first-order chi connectivity index (χ1) is 7.60. The summed E-state index contributed by atoms with van der Waals surface area (Å²) in [6, 6.07) is 4.60. The molecular weight excluding hydrogens is 274 g/mol. The van der Waals surface area contributed by atoms with Gasteiger partial charge in [-0.05, 0) is 18.2 Å². The van der Waals surface area contributed by atoms with E-state index < -0.39 is 5.97 Å². The lowest BCUT2D eigenvalue weighted by Crippen LogP contribution is -2.08. The molecule has 1 rings (SSSR count). The maximum Gasteiger partial charge on any atom is 0.339 e. The maximum atomic E-state index is 11.6. The Morgan fingerprint density at radius 1 is 1.44 bits per heavy atom. The van der Waals surface area contributed by atoms with E-state index in [1.54, 1.807) is 6.07 Å². The van der Waals surface area contributed by atoms with Crippen LogP contribution in [0.2, 0.25) is 0 Å². The zero-order valence-electron chi connectivity index (χ0n) is 8.83. The average Bonchev–Trinajstić information content (AvgIpc) is 2.29. The summed E-state index contributed by atoms with van der Waals surface area (Å²) in [4.78, 5) is 22.9. The number of ketones is 1. The fourth-order valence-corrected chi connectivity index (χ4v) is 1.61. The lowest BCUT2D eigenvalue weighted by Gasteiger charge is -2.05. The number of benzene rings is 1. The fourth-order valence-electron chi connectivity index (χ4n) is 1.25. The van der Waals surface area contributed by atoms with Crippen molar-refractivity contribution in [1.29, 1.82) is 0 Å². The van der Waals surface area contributed by atoms with Gasteiger partial charge in [-0.1, -0.05) is 15.9 Å². The van der Waals surface area contributed by atoms with Gasteiger partial charge in [0.1, 0.15) is 0 Å². The van der Waals surface area contributed by atoms with E-state index in [9.17, 15) is 9.59 Å². The molecule has 5 heteroatoms. The number of Topliss-reactive ketones (excluding diaryl/α,β-unsaturated/α-hetero) is 1. The molecule has 16 heavy (non-hydrogen) atoms. The summed E-state index contributed by atoms with van der Waals surface area (Å²) in [6.07, 6.45) is 0.379. The molecule has 0 saturated heterocycles. The second-order valence-electron chi connectivity index (χ2n) is 3.16. The highest BCUT2D eigenvalue weighted by molar-refractivity contribution is 9.09. The molecule has 0 aliphatic heterocycles. The zero-order chi connectivity index (χ0) is 12.1. The molecule has 1 aromatic carbocycles. The van der Waals surface area contributed by atoms with E-state index in [1.807, 2.05) is 0 Å². The van der Waals surface area contributed by atoms with Crippen molar-refractivity contribution in [3.8, 4) is 0 Å². The van der Waals surface area contributed by atoms with Gasteiger partial charge in [0.2, 0.25) is 0 Å². The van der Waals surface area contributed by atoms with E-state index in [4.69, 9.17) is 5.73 Å². The standard InChI is InChI=1S/C11H12BrNO3/c1-16-11(15)8-6-7(2-3-9(8)13)10(14)4-5-12/h2-3,6H,4-5,13H2,1H3. The van der Waals surface area contributed by atoms with Crippen LogP contribution < -0.4 is 5.73 Å². The van der Waals surface area contributed by atoms with Crippen molar-refractivity contribution < 1.29 is 14.3 Å². The molecule has 0 radical (unpaired) electrons. The highest BCUT2D eigenvalue weighted by atomic mass is 79.9. The van der Waals surface area contributed by atoms with E-state index in [0.29, 0.717) is 23.0 Å². The van der Waals surface area contributed by atoms with E-state index in [2.05, 4.69) is 20.7 Å². The summed E-state index contributed by atoms with van der Waals surface area (Å²) in [5.74, 6) is -0.576. The van der Waals surface area contributed by atoms with Crippen LogP contribution in [-0.2, 0) is 4.74 Å². The molecule has 0 atom stereocenters. The van der Waals surface area contributed by atoms with E-state index in [-0.39, 0.29) is 11.3 Å². The quantitative estimate of drug-likeness (QED) is 0.398. The number of esters is 1. The second-order valence-corrected chi connectivity index (χ2v) is 3.95. The van der Waals surface area contributed by atoms with Crippen molar-refractivity contribution in [2.75, 3.05) is 18.2 Å². The molecule has 0 aromatic heterocycles. The van der Waals surface area contributed by atoms with Crippen LogP contribution in [-0.4, -0.2) is 24.2 Å². The summed E-state index contributed by atoms with van der Waals surface area (Å²) in [5, 5.41) is 0.587. The first-order valence-corrected chi connectivity index (χ1v) is 5.79. The highest BCUT2D eigenvalue weighted by Gasteiger charge is 2.13. The molecule has 0 saturated carbocycles. The smallest absolute Gasteiger partial charge is 0.339 e. The number of carbonyl (C=O) groups is 2. The van der Waals surface area contributed by atoms with Crippen LogP contribution >= 0.6 is 15.9 Å². The Labute approximate surface area is 102 Å². The molecule has 0 fully saturated rings. The predicted molar refractivity (Wildman–Crippen MR) is 64.9 cm³/mol. The number of anilines is 1.